The molecule has 146 valence electrons. The van der Waals surface area contributed by atoms with Crippen LogP contribution in [0.2, 0.25) is 5.15 Å². The summed E-state index contributed by atoms with van der Waals surface area (Å²) in [6.07, 6.45) is 1.25. The van der Waals surface area contributed by atoms with Gasteiger partial charge in [-0.25, -0.2) is 14.8 Å². The number of amides is 1. The smallest absolute Gasteiger partial charge is 0.412 e. The van der Waals surface area contributed by atoms with Crippen molar-refractivity contribution in [1.82, 2.24) is 9.97 Å². The second-order valence-electron chi connectivity index (χ2n) is 7.27. The van der Waals surface area contributed by atoms with Crippen LogP contribution in [-0.4, -0.2) is 40.4 Å². The molecule has 8 heteroatoms. The molecule has 0 unspecified atom stereocenters. The molecule has 0 fully saturated rings. The molecule has 0 bridgehead atoms. The lowest BCUT2D eigenvalue weighted by molar-refractivity contribution is 0.203. The van der Waals surface area contributed by atoms with E-state index in [0.29, 0.717) is 35.3 Å². The van der Waals surface area contributed by atoms with Crippen LogP contribution in [0.15, 0.2) is 30.5 Å². The highest BCUT2D eigenvalue weighted by Crippen LogP contribution is 2.29. The van der Waals surface area contributed by atoms with Crippen LogP contribution >= 0.6 is 11.6 Å². The van der Waals surface area contributed by atoms with Crippen LogP contribution in [0.3, 0.4) is 0 Å². The van der Waals surface area contributed by atoms with Crippen molar-refractivity contribution in [2.24, 2.45) is 11.7 Å². The van der Waals surface area contributed by atoms with Gasteiger partial charge in [-0.15, -0.1) is 0 Å². The summed E-state index contributed by atoms with van der Waals surface area (Å²) in [6, 6.07) is 6.86. The number of halogens is 1. The second-order valence-corrected chi connectivity index (χ2v) is 7.63. The molecular weight excluding hydrogens is 368 g/mol. The molecule has 0 spiro atoms. The zero-order valence-electron chi connectivity index (χ0n) is 15.9. The van der Waals surface area contributed by atoms with Crippen LogP contribution in [0, 0.1) is 5.92 Å². The van der Waals surface area contributed by atoms with Crippen molar-refractivity contribution < 1.29 is 14.6 Å². The first-order chi connectivity index (χ1) is 12.6. The third-order valence-electron chi connectivity index (χ3n) is 3.92. The van der Waals surface area contributed by atoms with Gasteiger partial charge in [-0.3, -0.25) is 4.90 Å². The average molecular weight is 393 g/mol. The van der Waals surface area contributed by atoms with Gasteiger partial charge in [-0.2, -0.15) is 0 Å². The zero-order valence-corrected chi connectivity index (χ0v) is 16.7. The number of carbonyl (C=O) groups is 1. The van der Waals surface area contributed by atoms with E-state index in [0.717, 1.165) is 11.3 Å². The zero-order chi connectivity index (χ0) is 20.2. The largest absolute Gasteiger partial charge is 0.488 e. The van der Waals surface area contributed by atoms with E-state index in [9.17, 15) is 4.79 Å². The number of pyridine rings is 2. The lowest BCUT2D eigenvalue weighted by Gasteiger charge is -2.26. The van der Waals surface area contributed by atoms with Gasteiger partial charge in [0.1, 0.15) is 12.4 Å². The van der Waals surface area contributed by atoms with Crippen LogP contribution in [0.4, 0.5) is 10.6 Å². The van der Waals surface area contributed by atoms with Gasteiger partial charge in [0.25, 0.3) is 0 Å². The number of hydrogen-bond donors (Lipinski definition) is 2. The van der Waals surface area contributed by atoms with E-state index in [4.69, 9.17) is 27.2 Å². The van der Waals surface area contributed by atoms with Gasteiger partial charge >= 0.3 is 6.09 Å². The van der Waals surface area contributed by atoms with Crippen molar-refractivity contribution in [3.63, 3.8) is 0 Å². The summed E-state index contributed by atoms with van der Waals surface area (Å²) in [5.74, 6) is 1.22. The van der Waals surface area contributed by atoms with Gasteiger partial charge in [-0.05, 0) is 43.5 Å². The van der Waals surface area contributed by atoms with Gasteiger partial charge in [0.05, 0.1) is 5.69 Å². The first-order valence-corrected chi connectivity index (χ1v) is 8.98. The van der Waals surface area contributed by atoms with Crippen LogP contribution < -0.4 is 15.4 Å². The number of hydrogen-bond acceptors (Lipinski definition) is 5. The molecule has 2 aromatic heterocycles. The Balaban J connectivity index is 2.17. The Hall–Kier alpha value is -2.38. The van der Waals surface area contributed by atoms with E-state index in [1.165, 1.54) is 13.2 Å². The third kappa shape index (κ3) is 5.80. The summed E-state index contributed by atoms with van der Waals surface area (Å²) < 4.78 is 5.77. The van der Waals surface area contributed by atoms with E-state index >= 15 is 0 Å². The van der Waals surface area contributed by atoms with Crippen molar-refractivity contribution in [2.45, 2.75) is 32.7 Å². The van der Waals surface area contributed by atoms with Gasteiger partial charge in [-0.1, -0.05) is 25.4 Å². The van der Waals surface area contributed by atoms with Crippen LogP contribution in [0.5, 0.6) is 5.75 Å². The molecule has 1 amide bonds. The predicted molar refractivity (Wildman–Crippen MR) is 106 cm³/mol. The molecule has 0 aliphatic rings. The highest BCUT2D eigenvalue weighted by molar-refractivity contribution is 6.31. The number of nitrogens with two attached hydrogens (primary N) is 1. The number of nitrogens with zero attached hydrogens (tertiary/aromatic N) is 3. The molecular formula is C19H25ClN4O3. The molecule has 2 aromatic rings. The molecule has 27 heavy (non-hydrogen) atoms. The monoisotopic (exact) mass is 392 g/mol. The molecule has 7 nitrogen and oxygen atoms in total. The number of ether oxygens (including phenoxy) is 1. The van der Waals surface area contributed by atoms with E-state index in [1.54, 1.807) is 24.3 Å². The van der Waals surface area contributed by atoms with Gasteiger partial charge in [0, 0.05) is 24.3 Å². The van der Waals surface area contributed by atoms with E-state index in [1.807, 2.05) is 6.92 Å². The first kappa shape index (κ1) is 20.9. The Bertz CT molecular complexity index is 811. The number of rotatable bonds is 7. The minimum atomic E-state index is -1.10. The molecule has 0 saturated carbocycles. The number of aromatic nitrogens is 2. The lowest BCUT2D eigenvalue weighted by Crippen LogP contribution is -2.43. The highest BCUT2D eigenvalue weighted by atomic mass is 35.5. The third-order valence-corrected chi connectivity index (χ3v) is 4.19. The van der Waals surface area contributed by atoms with Crippen molar-refractivity contribution in [3.8, 4) is 17.0 Å². The van der Waals surface area contributed by atoms with E-state index in [-0.39, 0.29) is 5.15 Å². The SMILES string of the molecule is CC(C)C[C@](C)(N)COc1ccc(-c2ccnc(N(C)C(=O)O)c2)nc1Cl. The summed E-state index contributed by atoms with van der Waals surface area (Å²) in [5, 5.41) is 9.30. The van der Waals surface area contributed by atoms with E-state index in [2.05, 4.69) is 23.8 Å². The van der Waals surface area contributed by atoms with Crippen LogP contribution in [0.25, 0.3) is 11.3 Å². The predicted octanol–water partition coefficient (Wildman–Crippen LogP) is 4.05. The maximum Gasteiger partial charge on any atom is 0.412 e. The molecule has 0 saturated heterocycles. The lowest BCUT2D eigenvalue weighted by atomic mass is 9.93. The minimum Gasteiger partial charge on any atom is -0.488 e. The maximum absolute atomic E-state index is 11.1. The van der Waals surface area contributed by atoms with Crippen molar-refractivity contribution in [2.75, 3.05) is 18.6 Å². The Morgan fingerprint density at radius 2 is 2.11 bits per heavy atom. The average Bonchev–Trinajstić information content (AvgIpc) is 2.59. The second kappa shape index (κ2) is 8.54. The molecule has 2 heterocycles. The summed E-state index contributed by atoms with van der Waals surface area (Å²) in [4.78, 5) is 20.5. The molecule has 1 atom stereocenters. The van der Waals surface area contributed by atoms with E-state index < -0.39 is 11.6 Å². The van der Waals surface area contributed by atoms with Crippen LogP contribution in [0.1, 0.15) is 27.2 Å². The summed E-state index contributed by atoms with van der Waals surface area (Å²) in [6.45, 7) is 6.49. The first-order valence-electron chi connectivity index (χ1n) is 8.60. The van der Waals surface area contributed by atoms with Crippen molar-refractivity contribution >= 4 is 23.5 Å². The Kier molecular flexibility index (Phi) is 6.62. The molecule has 0 radical (unpaired) electrons. The van der Waals surface area contributed by atoms with Gasteiger partial charge < -0.3 is 15.6 Å². The molecule has 0 aromatic carbocycles. The summed E-state index contributed by atoms with van der Waals surface area (Å²) in [7, 11) is 1.42. The highest BCUT2D eigenvalue weighted by Gasteiger charge is 2.22. The molecule has 2 rings (SSSR count). The number of carboxylic acid groups (broad SMARTS) is 1. The molecule has 0 aliphatic heterocycles. The normalized spacial score (nSPS) is 13.3. The summed E-state index contributed by atoms with van der Waals surface area (Å²) >= 11 is 6.27. The van der Waals surface area contributed by atoms with Crippen molar-refractivity contribution in [3.05, 3.63) is 35.6 Å². The number of anilines is 1. The Morgan fingerprint density at radius 1 is 1.41 bits per heavy atom. The maximum atomic E-state index is 11.1. The molecule has 3 N–H and O–H groups in total. The Morgan fingerprint density at radius 3 is 2.70 bits per heavy atom. The van der Waals surface area contributed by atoms with Gasteiger partial charge in [0.2, 0.25) is 0 Å². The fourth-order valence-corrected chi connectivity index (χ4v) is 2.99. The fraction of sp³-hybridized carbons (Fsp3) is 0.421. The quantitative estimate of drug-likeness (QED) is 0.689. The minimum absolute atomic E-state index is 0.220. The van der Waals surface area contributed by atoms with Crippen molar-refractivity contribution in [1.29, 1.82) is 0 Å². The fourth-order valence-electron chi connectivity index (χ4n) is 2.78. The van der Waals surface area contributed by atoms with Gasteiger partial charge in [0.15, 0.2) is 10.9 Å². The molecule has 0 aliphatic carbocycles. The summed E-state index contributed by atoms with van der Waals surface area (Å²) in [5.41, 5.74) is 7.09. The topological polar surface area (TPSA) is 102 Å². The standard InChI is InChI=1S/C19H25ClN4O3/c1-12(2)10-19(3,21)11-27-15-6-5-14(23-17(15)20)13-7-8-22-16(9-13)24(4)18(25)26/h5-9,12H,10-11,21H2,1-4H3,(H,25,26)/t19-/m0/s1. The Labute approximate surface area is 164 Å². The van der Waals surface area contributed by atoms with Crippen LogP contribution in [-0.2, 0) is 0 Å².